The highest BCUT2D eigenvalue weighted by atomic mass is 32.2. The molecule has 2 saturated heterocycles. The maximum absolute atomic E-state index is 12.1. The minimum atomic E-state index is -3.15. The molecule has 2 aliphatic rings. The zero-order valence-corrected chi connectivity index (χ0v) is 14.0. The molecular formula is C17H22N2O3S. The molecule has 23 heavy (non-hydrogen) atoms. The minimum absolute atomic E-state index is 0.0344. The highest BCUT2D eigenvalue weighted by Gasteiger charge is 2.45. The highest BCUT2D eigenvalue weighted by molar-refractivity contribution is 7.88. The fourth-order valence-corrected chi connectivity index (χ4v) is 5.24. The number of fused-ring (bicyclic) bond motifs is 2. The first-order valence-corrected chi connectivity index (χ1v) is 9.80. The van der Waals surface area contributed by atoms with Crippen molar-refractivity contribution in [1.29, 1.82) is 0 Å². The van der Waals surface area contributed by atoms with E-state index in [4.69, 9.17) is 0 Å². The van der Waals surface area contributed by atoms with Gasteiger partial charge in [-0.15, -0.1) is 0 Å². The van der Waals surface area contributed by atoms with Crippen molar-refractivity contribution in [2.24, 2.45) is 0 Å². The summed E-state index contributed by atoms with van der Waals surface area (Å²) >= 11 is 0. The van der Waals surface area contributed by atoms with Crippen LogP contribution in [0.5, 0.6) is 0 Å². The molecule has 0 aliphatic carbocycles. The average molecular weight is 334 g/mol. The summed E-state index contributed by atoms with van der Waals surface area (Å²) in [6.07, 6.45) is 7.80. The number of nitrogens with one attached hydrogen (secondary N) is 1. The summed E-state index contributed by atoms with van der Waals surface area (Å²) < 4.78 is 25.4. The van der Waals surface area contributed by atoms with E-state index in [-0.39, 0.29) is 24.0 Å². The maximum Gasteiger partial charge on any atom is 0.244 e. The molecule has 2 bridgehead atoms. The quantitative estimate of drug-likeness (QED) is 0.854. The van der Waals surface area contributed by atoms with Gasteiger partial charge < -0.3 is 5.32 Å². The molecule has 1 aromatic rings. The van der Waals surface area contributed by atoms with Gasteiger partial charge in [0.1, 0.15) is 0 Å². The van der Waals surface area contributed by atoms with Gasteiger partial charge in [0.25, 0.3) is 0 Å². The van der Waals surface area contributed by atoms with E-state index in [0.29, 0.717) is 12.8 Å². The predicted octanol–water partition coefficient (Wildman–Crippen LogP) is 1.77. The molecule has 1 aromatic carbocycles. The van der Waals surface area contributed by atoms with E-state index in [1.54, 1.807) is 16.5 Å². The predicted molar refractivity (Wildman–Crippen MR) is 90.1 cm³/mol. The molecule has 0 saturated carbocycles. The van der Waals surface area contributed by atoms with E-state index in [0.717, 1.165) is 18.4 Å². The monoisotopic (exact) mass is 334 g/mol. The smallest absolute Gasteiger partial charge is 0.244 e. The number of sulfonamides is 1. The van der Waals surface area contributed by atoms with E-state index in [2.05, 4.69) is 5.32 Å². The van der Waals surface area contributed by atoms with Crippen LogP contribution in [0.25, 0.3) is 6.08 Å². The van der Waals surface area contributed by atoms with Crippen molar-refractivity contribution < 1.29 is 13.2 Å². The van der Waals surface area contributed by atoms with Crippen LogP contribution in [0.15, 0.2) is 36.4 Å². The van der Waals surface area contributed by atoms with Gasteiger partial charge in [-0.05, 0) is 37.3 Å². The van der Waals surface area contributed by atoms with E-state index in [1.165, 1.54) is 6.26 Å². The van der Waals surface area contributed by atoms with Gasteiger partial charge in [-0.1, -0.05) is 30.3 Å². The Morgan fingerprint density at radius 3 is 2.35 bits per heavy atom. The first-order valence-electron chi connectivity index (χ1n) is 7.95. The number of carbonyl (C=O) groups is 1. The second-order valence-electron chi connectivity index (χ2n) is 6.40. The molecular weight excluding hydrogens is 312 g/mol. The summed E-state index contributed by atoms with van der Waals surface area (Å²) in [5.74, 6) is -0.119. The zero-order valence-electron chi connectivity index (χ0n) is 13.2. The van der Waals surface area contributed by atoms with Gasteiger partial charge >= 0.3 is 0 Å². The zero-order chi connectivity index (χ0) is 16.4. The molecule has 0 spiro atoms. The number of hydrogen-bond acceptors (Lipinski definition) is 3. The topological polar surface area (TPSA) is 66.5 Å². The molecule has 2 fully saturated rings. The Labute approximate surface area is 137 Å². The SMILES string of the molecule is CS(=O)(=O)N1C2CCC1CC(NC(=O)/C=C/c1ccccc1)C2. The minimum Gasteiger partial charge on any atom is -0.350 e. The van der Waals surface area contributed by atoms with Crippen molar-refractivity contribution in [3.8, 4) is 0 Å². The largest absolute Gasteiger partial charge is 0.350 e. The van der Waals surface area contributed by atoms with Gasteiger partial charge in [-0.3, -0.25) is 4.79 Å². The molecule has 5 nitrogen and oxygen atoms in total. The number of benzene rings is 1. The molecule has 2 unspecified atom stereocenters. The summed E-state index contributed by atoms with van der Waals surface area (Å²) in [7, 11) is -3.15. The van der Waals surface area contributed by atoms with Gasteiger partial charge in [0.15, 0.2) is 0 Å². The second-order valence-corrected chi connectivity index (χ2v) is 8.29. The number of rotatable bonds is 4. The van der Waals surface area contributed by atoms with Gasteiger partial charge in [0.05, 0.1) is 6.26 Å². The third-order valence-electron chi connectivity index (χ3n) is 4.62. The molecule has 124 valence electrons. The van der Waals surface area contributed by atoms with Gasteiger partial charge in [-0.2, -0.15) is 4.31 Å². The molecule has 6 heteroatoms. The number of amides is 1. The molecule has 2 atom stereocenters. The Bertz CT molecular complexity index is 686. The molecule has 0 radical (unpaired) electrons. The van der Waals surface area contributed by atoms with Crippen LogP contribution in [0, 0.1) is 0 Å². The van der Waals surface area contributed by atoms with Crippen molar-refractivity contribution in [3.63, 3.8) is 0 Å². The van der Waals surface area contributed by atoms with Crippen molar-refractivity contribution in [1.82, 2.24) is 9.62 Å². The first-order chi connectivity index (χ1) is 10.9. The lowest BCUT2D eigenvalue weighted by molar-refractivity contribution is -0.117. The van der Waals surface area contributed by atoms with E-state index in [1.807, 2.05) is 30.3 Å². The third-order valence-corrected chi connectivity index (χ3v) is 5.98. The fraction of sp³-hybridized carbons (Fsp3) is 0.471. The maximum atomic E-state index is 12.1. The molecule has 2 heterocycles. The summed E-state index contributed by atoms with van der Waals surface area (Å²) in [5, 5.41) is 3.01. The number of nitrogens with zero attached hydrogens (tertiary/aromatic N) is 1. The van der Waals surface area contributed by atoms with E-state index >= 15 is 0 Å². The Hall–Kier alpha value is -1.66. The van der Waals surface area contributed by atoms with Crippen LogP contribution in [0.1, 0.15) is 31.2 Å². The van der Waals surface area contributed by atoms with Gasteiger partial charge in [0, 0.05) is 24.2 Å². The average Bonchev–Trinajstić information content (AvgIpc) is 2.79. The normalized spacial score (nSPS) is 28.1. The Kier molecular flexibility index (Phi) is 4.55. The van der Waals surface area contributed by atoms with Crippen LogP contribution in [-0.4, -0.2) is 43.0 Å². The van der Waals surface area contributed by atoms with Crippen molar-refractivity contribution in [2.75, 3.05) is 6.26 Å². The van der Waals surface area contributed by atoms with E-state index < -0.39 is 10.0 Å². The summed E-state index contributed by atoms with van der Waals surface area (Å²) in [6, 6.07) is 9.79. The molecule has 2 aliphatic heterocycles. The van der Waals surface area contributed by atoms with Crippen LogP contribution < -0.4 is 5.32 Å². The van der Waals surface area contributed by atoms with Gasteiger partial charge in [0.2, 0.25) is 15.9 Å². The molecule has 1 N–H and O–H groups in total. The summed E-state index contributed by atoms with van der Waals surface area (Å²) in [5.41, 5.74) is 0.981. The van der Waals surface area contributed by atoms with Crippen molar-refractivity contribution in [2.45, 2.75) is 43.8 Å². The summed E-state index contributed by atoms with van der Waals surface area (Å²) in [4.78, 5) is 12.1. The van der Waals surface area contributed by atoms with Crippen molar-refractivity contribution in [3.05, 3.63) is 42.0 Å². The molecule has 0 aromatic heterocycles. The Morgan fingerprint density at radius 2 is 1.78 bits per heavy atom. The lowest BCUT2D eigenvalue weighted by Crippen LogP contribution is -2.51. The molecule has 3 rings (SSSR count). The Morgan fingerprint density at radius 1 is 1.17 bits per heavy atom. The lowest BCUT2D eigenvalue weighted by Gasteiger charge is -2.37. The number of hydrogen-bond donors (Lipinski definition) is 1. The number of piperidine rings is 1. The lowest BCUT2D eigenvalue weighted by atomic mass is 10.00. The first kappa shape index (κ1) is 16.2. The summed E-state index contributed by atoms with van der Waals surface area (Å²) in [6.45, 7) is 0. The van der Waals surface area contributed by atoms with Crippen LogP contribution in [0.2, 0.25) is 0 Å². The van der Waals surface area contributed by atoms with Crippen LogP contribution in [-0.2, 0) is 14.8 Å². The van der Waals surface area contributed by atoms with Crippen LogP contribution in [0.3, 0.4) is 0 Å². The van der Waals surface area contributed by atoms with Crippen molar-refractivity contribution >= 4 is 22.0 Å². The van der Waals surface area contributed by atoms with Crippen LogP contribution in [0.4, 0.5) is 0 Å². The molecule has 1 amide bonds. The number of carbonyl (C=O) groups excluding carboxylic acids is 1. The third kappa shape index (κ3) is 3.82. The second kappa shape index (κ2) is 6.45. The highest BCUT2D eigenvalue weighted by Crippen LogP contribution is 2.37. The standard InChI is InChI=1S/C17H22N2O3S/c1-23(21,22)19-15-8-9-16(19)12-14(11-15)18-17(20)10-7-13-5-3-2-4-6-13/h2-7,10,14-16H,8-9,11-12H2,1H3,(H,18,20)/b10-7+. The fourth-order valence-electron chi connectivity index (χ4n) is 3.78. The van der Waals surface area contributed by atoms with E-state index in [9.17, 15) is 13.2 Å². The Balaban J connectivity index is 1.58. The van der Waals surface area contributed by atoms with Gasteiger partial charge in [-0.25, -0.2) is 8.42 Å². The van der Waals surface area contributed by atoms with Crippen LogP contribution >= 0.6 is 0 Å².